The molecule has 0 aromatic heterocycles. The first-order valence-electron chi connectivity index (χ1n) is 6.98. The summed E-state index contributed by atoms with van der Waals surface area (Å²) in [4.78, 5) is 13.9. The predicted molar refractivity (Wildman–Crippen MR) is 77.9 cm³/mol. The number of likely N-dealkylation sites (tertiary alicyclic amines) is 1. The molecule has 0 unspecified atom stereocenters. The molecule has 0 saturated carbocycles. The Hall–Kier alpha value is -1.54. The Morgan fingerprint density at radius 1 is 1.27 bits per heavy atom. The molecule has 5 nitrogen and oxygen atoms in total. The minimum atomic E-state index is -3.36. The predicted octanol–water partition coefficient (Wildman–Crippen LogP) is 1.51. The van der Waals surface area contributed by atoms with Crippen LogP contribution < -0.4 is 4.72 Å². The highest BCUT2D eigenvalue weighted by Gasteiger charge is 2.28. The van der Waals surface area contributed by atoms with E-state index in [1.165, 1.54) is 4.90 Å². The molecule has 1 atom stereocenters. The van der Waals surface area contributed by atoms with E-state index in [0.29, 0.717) is 19.0 Å². The van der Waals surface area contributed by atoms with Crippen molar-refractivity contribution in [3.05, 3.63) is 35.4 Å². The van der Waals surface area contributed by atoms with Gasteiger partial charge < -0.3 is 4.90 Å². The molecule has 122 valence electrons. The van der Waals surface area contributed by atoms with Crippen molar-refractivity contribution in [2.45, 2.75) is 25.3 Å². The topological polar surface area (TPSA) is 66.5 Å². The van der Waals surface area contributed by atoms with E-state index in [9.17, 15) is 22.0 Å². The van der Waals surface area contributed by atoms with E-state index >= 15 is 0 Å². The van der Waals surface area contributed by atoms with Gasteiger partial charge in [0.05, 0.1) is 6.26 Å². The summed E-state index contributed by atoms with van der Waals surface area (Å²) in [6.45, 7) is 0.537. The van der Waals surface area contributed by atoms with E-state index in [1.807, 2.05) is 0 Å². The van der Waals surface area contributed by atoms with Crippen molar-refractivity contribution in [3.63, 3.8) is 0 Å². The van der Waals surface area contributed by atoms with Crippen LogP contribution in [0.2, 0.25) is 0 Å². The van der Waals surface area contributed by atoms with Gasteiger partial charge in [-0.1, -0.05) is 0 Å². The lowest BCUT2D eigenvalue weighted by Crippen LogP contribution is -2.49. The van der Waals surface area contributed by atoms with E-state index in [2.05, 4.69) is 4.72 Å². The van der Waals surface area contributed by atoms with E-state index in [-0.39, 0.29) is 18.2 Å². The number of carbonyl (C=O) groups is 1. The summed E-state index contributed by atoms with van der Waals surface area (Å²) >= 11 is 0. The molecular weight excluding hydrogens is 314 g/mol. The SMILES string of the molecule is CS(=O)(=O)NC[C@@H]1CCCCN1C(=O)c1cc(F)cc(F)c1. The number of hydrogen-bond donors (Lipinski definition) is 1. The van der Waals surface area contributed by atoms with E-state index in [1.54, 1.807) is 0 Å². The van der Waals surface area contributed by atoms with Gasteiger partial charge in [0.15, 0.2) is 0 Å². The number of carbonyl (C=O) groups excluding carboxylic acids is 1. The van der Waals surface area contributed by atoms with Gasteiger partial charge in [-0.05, 0) is 31.4 Å². The minimum Gasteiger partial charge on any atom is -0.334 e. The maximum Gasteiger partial charge on any atom is 0.254 e. The van der Waals surface area contributed by atoms with Crippen LogP contribution in [0, 0.1) is 11.6 Å². The highest BCUT2D eigenvalue weighted by atomic mass is 32.2. The molecule has 1 amide bonds. The zero-order valence-corrected chi connectivity index (χ0v) is 13.0. The summed E-state index contributed by atoms with van der Waals surface area (Å²) in [5, 5.41) is 0. The van der Waals surface area contributed by atoms with Gasteiger partial charge >= 0.3 is 0 Å². The molecular formula is C14H18F2N2O3S. The Kier molecular flexibility index (Phi) is 5.12. The summed E-state index contributed by atoms with van der Waals surface area (Å²) in [6, 6.07) is 2.36. The van der Waals surface area contributed by atoms with Gasteiger partial charge in [-0.2, -0.15) is 0 Å². The zero-order valence-electron chi connectivity index (χ0n) is 12.2. The van der Waals surface area contributed by atoms with Gasteiger partial charge in [0.2, 0.25) is 10.0 Å². The third-order valence-corrected chi connectivity index (χ3v) is 4.27. The maximum absolute atomic E-state index is 13.3. The average Bonchev–Trinajstić information content (AvgIpc) is 2.43. The first kappa shape index (κ1) is 16.8. The Labute approximate surface area is 128 Å². The molecule has 1 fully saturated rings. The van der Waals surface area contributed by atoms with Crippen molar-refractivity contribution in [3.8, 4) is 0 Å². The number of sulfonamides is 1. The molecule has 1 saturated heterocycles. The van der Waals surface area contributed by atoms with Gasteiger partial charge in [0.25, 0.3) is 5.91 Å². The Balaban J connectivity index is 2.17. The average molecular weight is 332 g/mol. The quantitative estimate of drug-likeness (QED) is 0.909. The summed E-state index contributed by atoms with van der Waals surface area (Å²) in [5.41, 5.74) is -0.0660. The smallest absolute Gasteiger partial charge is 0.254 e. The highest BCUT2D eigenvalue weighted by molar-refractivity contribution is 7.88. The second-order valence-corrected chi connectivity index (χ2v) is 7.26. The number of hydrogen-bond acceptors (Lipinski definition) is 3. The van der Waals surface area contributed by atoms with Gasteiger partial charge in [-0.15, -0.1) is 0 Å². The van der Waals surface area contributed by atoms with Crippen molar-refractivity contribution < 1.29 is 22.0 Å². The van der Waals surface area contributed by atoms with Crippen LogP contribution in [0.3, 0.4) is 0 Å². The van der Waals surface area contributed by atoms with E-state index in [4.69, 9.17) is 0 Å². The second kappa shape index (κ2) is 6.70. The van der Waals surface area contributed by atoms with Crippen LogP contribution in [0.1, 0.15) is 29.6 Å². The number of benzene rings is 1. The van der Waals surface area contributed by atoms with Gasteiger partial charge in [0, 0.05) is 30.8 Å². The standard InChI is InChI=1S/C14H18F2N2O3S/c1-22(20,21)17-9-13-4-2-3-5-18(13)14(19)10-6-11(15)8-12(16)7-10/h6-8,13,17H,2-5,9H2,1H3/t13-/m0/s1. The van der Waals surface area contributed by atoms with Crippen molar-refractivity contribution in [1.82, 2.24) is 9.62 Å². The van der Waals surface area contributed by atoms with Crippen molar-refractivity contribution in [1.29, 1.82) is 0 Å². The fourth-order valence-electron chi connectivity index (χ4n) is 2.57. The number of nitrogens with zero attached hydrogens (tertiary/aromatic N) is 1. The lowest BCUT2D eigenvalue weighted by Gasteiger charge is -2.35. The number of halogens is 2. The van der Waals surface area contributed by atoms with Crippen molar-refractivity contribution >= 4 is 15.9 Å². The third kappa shape index (κ3) is 4.48. The van der Waals surface area contributed by atoms with Crippen LogP contribution in [0.5, 0.6) is 0 Å². The fraction of sp³-hybridized carbons (Fsp3) is 0.500. The van der Waals surface area contributed by atoms with Gasteiger partial charge in [-0.25, -0.2) is 21.9 Å². The monoisotopic (exact) mass is 332 g/mol. The van der Waals surface area contributed by atoms with Crippen LogP contribution in [-0.2, 0) is 10.0 Å². The van der Waals surface area contributed by atoms with Crippen LogP contribution in [-0.4, -0.2) is 44.6 Å². The normalized spacial score (nSPS) is 19.2. The first-order chi connectivity index (χ1) is 10.3. The van der Waals surface area contributed by atoms with Crippen LogP contribution in [0.15, 0.2) is 18.2 Å². The van der Waals surface area contributed by atoms with Gasteiger partial charge in [0.1, 0.15) is 11.6 Å². The Morgan fingerprint density at radius 3 is 2.50 bits per heavy atom. The lowest BCUT2D eigenvalue weighted by molar-refractivity contribution is 0.0617. The lowest BCUT2D eigenvalue weighted by atomic mass is 10.0. The molecule has 1 aliphatic rings. The highest BCUT2D eigenvalue weighted by Crippen LogP contribution is 2.20. The number of rotatable bonds is 4. The molecule has 8 heteroatoms. The summed E-state index contributed by atoms with van der Waals surface area (Å²) in [5.74, 6) is -2.12. The van der Waals surface area contributed by atoms with Crippen LogP contribution in [0.25, 0.3) is 0 Å². The number of piperidine rings is 1. The number of amides is 1. The molecule has 0 bridgehead atoms. The third-order valence-electron chi connectivity index (χ3n) is 3.58. The molecule has 1 aromatic rings. The fourth-order valence-corrected chi connectivity index (χ4v) is 3.07. The molecule has 1 aliphatic heterocycles. The molecule has 22 heavy (non-hydrogen) atoms. The minimum absolute atomic E-state index is 0.0660. The van der Waals surface area contributed by atoms with E-state index in [0.717, 1.165) is 31.2 Å². The van der Waals surface area contributed by atoms with Crippen molar-refractivity contribution in [2.24, 2.45) is 0 Å². The molecule has 0 aliphatic carbocycles. The Morgan fingerprint density at radius 2 is 1.91 bits per heavy atom. The molecule has 2 rings (SSSR count). The molecule has 0 spiro atoms. The maximum atomic E-state index is 13.3. The van der Waals surface area contributed by atoms with Crippen LogP contribution >= 0.6 is 0 Å². The largest absolute Gasteiger partial charge is 0.334 e. The zero-order chi connectivity index (χ0) is 16.3. The summed E-state index contributed by atoms with van der Waals surface area (Å²) in [6.07, 6.45) is 3.34. The molecule has 0 radical (unpaired) electrons. The summed E-state index contributed by atoms with van der Waals surface area (Å²) in [7, 11) is -3.36. The Bertz CT molecular complexity index is 644. The van der Waals surface area contributed by atoms with E-state index < -0.39 is 27.6 Å². The van der Waals surface area contributed by atoms with Crippen molar-refractivity contribution in [2.75, 3.05) is 19.3 Å². The van der Waals surface area contributed by atoms with Gasteiger partial charge in [-0.3, -0.25) is 4.79 Å². The molecule has 1 heterocycles. The van der Waals surface area contributed by atoms with Crippen LogP contribution in [0.4, 0.5) is 8.78 Å². The number of nitrogens with one attached hydrogen (secondary N) is 1. The first-order valence-corrected chi connectivity index (χ1v) is 8.87. The molecule has 1 aromatic carbocycles. The summed E-state index contributed by atoms with van der Waals surface area (Å²) < 4.78 is 51.3. The second-order valence-electron chi connectivity index (χ2n) is 5.43. The molecule has 1 N–H and O–H groups in total.